The van der Waals surface area contributed by atoms with Gasteiger partial charge in [0.2, 0.25) is 0 Å². The molecule has 0 aliphatic rings. The van der Waals surface area contributed by atoms with Gasteiger partial charge in [-0.3, -0.25) is 0 Å². The summed E-state index contributed by atoms with van der Waals surface area (Å²) >= 11 is 0. The first-order chi connectivity index (χ1) is 7.12. The summed E-state index contributed by atoms with van der Waals surface area (Å²) in [6.07, 6.45) is 2.17. The lowest BCUT2D eigenvalue weighted by molar-refractivity contribution is 0.0491. The van der Waals surface area contributed by atoms with E-state index >= 15 is 0 Å². The lowest BCUT2D eigenvalue weighted by atomic mass is 9.95. The molecule has 0 bridgehead atoms. The van der Waals surface area contributed by atoms with Crippen molar-refractivity contribution in [2.75, 3.05) is 40.0 Å². The Balaban J connectivity index is 3.38. The van der Waals surface area contributed by atoms with Crippen molar-refractivity contribution >= 4 is 0 Å². The van der Waals surface area contributed by atoms with Gasteiger partial charge in [0, 0.05) is 32.3 Å². The number of hydrogen-bond acceptors (Lipinski definition) is 3. The van der Waals surface area contributed by atoms with Gasteiger partial charge in [-0.2, -0.15) is 0 Å². The van der Waals surface area contributed by atoms with Crippen LogP contribution in [0.5, 0.6) is 0 Å². The van der Waals surface area contributed by atoms with Gasteiger partial charge in [-0.25, -0.2) is 0 Å². The topological polar surface area (TPSA) is 30.5 Å². The smallest absolute Gasteiger partial charge is 0.0529 e. The van der Waals surface area contributed by atoms with Crippen LogP contribution in [0, 0.1) is 5.41 Å². The molecular weight excluding hydrogens is 190 g/mol. The Hall–Kier alpha value is -0.120. The van der Waals surface area contributed by atoms with E-state index in [2.05, 4.69) is 26.1 Å². The van der Waals surface area contributed by atoms with Crippen LogP contribution in [0.1, 0.15) is 33.6 Å². The zero-order chi connectivity index (χ0) is 11.6. The van der Waals surface area contributed by atoms with E-state index in [-0.39, 0.29) is 5.41 Å². The molecule has 92 valence electrons. The summed E-state index contributed by atoms with van der Waals surface area (Å²) in [6, 6.07) is 0. The maximum absolute atomic E-state index is 5.61. The second-order valence-electron chi connectivity index (χ2n) is 4.74. The van der Waals surface area contributed by atoms with E-state index in [0.29, 0.717) is 0 Å². The van der Waals surface area contributed by atoms with Crippen LogP contribution in [0.25, 0.3) is 0 Å². The molecule has 0 heterocycles. The zero-order valence-corrected chi connectivity index (χ0v) is 10.8. The van der Waals surface area contributed by atoms with Crippen molar-refractivity contribution in [3.8, 4) is 0 Å². The molecule has 3 heteroatoms. The molecule has 0 saturated carbocycles. The number of ether oxygens (including phenoxy) is 2. The standard InChI is InChI=1S/C12H27NO2/c1-5-7-13-10-12(2,3)11-15-9-6-8-14-4/h13H,5-11H2,1-4H3. The third-order valence-corrected chi connectivity index (χ3v) is 2.16. The molecule has 0 atom stereocenters. The third-order valence-electron chi connectivity index (χ3n) is 2.16. The SMILES string of the molecule is CCCNCC(C)(C)COCCCOC. The molecule has 0 aromatic heterocycles. The highest BCUT2D eigenvalue weighted by atomic mass is 16.5. The van der Waals surface area contributed by atoms with Gasteiger partial charge in [-0.05, 0) is 19.4 Å². The van der Waals surface area contributed by atoms with E-state index in [9.17, 15) is 0 Å². The molecule has 0 rings (SSSR count). The van der Waals surface area contributed by atoms with E-state index in [1.165, 1.54) is 6.42 Å². The minimum absolute atomic E-state index is 0.224. The Morgan fingerprint density at radius 1 is 1.20 bits per heavy atom. The van der Waals surface area contributed by atoms with Crippen LogP contribution >= 0.6 is 0 Å². The van der Waals surface area contributed by atoms with Crippen molar-refractivity contribution < 1.29 is 9.47 Å². The largest absolute Gasteiger partial charge is 0.385 e. The number of methoxy groups -OCH3 is 1. The highest BCUT2D eigenvalue weighted by Gasteiger charge is 2.17. The monoisotopic (exact) mass is 217 g/mol. The molecule has 0 saturated heterocycles. The third kappa shape index (κ3) is 10.2. The molecule has 0 radical (unpaired) electrons. The summed E-state index contributed by atoms with van der Waals surface area (Å²) in [7, 11) is 1.72. The fourth-order valence-corrected chi connectivity index (χ4v) is 1.31. The van der Waals surface area contributed by atoms with Crippen molar-refractivity contribution in [1.29, 1.82) is 0 Å². The first kappa shape index (κ1) is 14.9. The molecule has 0 aromatic rings. The van der Waals surface area contributed by atoms with Crippen LogP contribution in [-0.4, -0.2) is 40.0 Å². The van der Waals surface area contributed by atoms with Crippen molar-refractivity contribution in [3.63, 3.8) is 0 Å². The van der Waals surface area contributed by atoms with Gasteiger partial charge in [0.1, 0.15) is 0 Å². The second kappa shape index (κ2) is 9.13. The maximum atomic E-state index is 5.61. The van der Waals surface area contributed by atoms with Crippen LogP contribution in [0.4, 0.5) is 0 Å². The van der Waals surface area contributed by atoms with Gasteiger partial charge in [-0.1, -0.05) is 20.8 Å². The Kier molecular flexibility index (Phi) is 9.06. The highest BCUT2D eigenvalue weighted by Crippen LogP contribution is 2.13. The molecule has 0 aliphatic carbocycles. The molecule has 0 aromatic carbocycles. The summed E-state index contributed by atoms with van der Waals surface area (Å²) in [4.78, 5) is 0. The van der Waals surface area contributed by atoms with Crippen LogP contribution in [0.2, 0.25) is 0 Å². The minimum Gasteiger partial charge on any atom is -0.385 e. The molecule has 0 aliphatic heterocycles. The summed E-state index contributed by atoms with van der Waals surface area (Å²) < 4.78 is 10.6. The number of rotatable bonds is 10. The maximum Gasteiger partial charge on any atom is 0.0529 e. The summed E-state index contributed by atoms with van der Waals surface area (Å²) in [5.74, 6) is 0. The van der Waals surface area contributed by atoms with Crippen molar-refractivity contribution in [1.82, 2.24) is 5.32 Å². The van der Waals surface area contributed by atoms with Gasteiger partial charge in [0.15, 0.2) is 0 Å². The zero-order valence-electron chi connectivity index (χ0n) is 10.8. The van der Waals surface area contributed by atoms with Crippen LogP contribution in [0.3, 0.4) is 0 Å². The van der Waals surface area contributed by atoms with Crippen molar-refractivity contribution in [3.05, 3.63) is 0 Å². The van der Waals surface area contributed by atoms with Crippen molar-refractivity contribution in [2.24, 2.45) is 5.41 Å². The fraction of sp³-hybridized carbons (Fsp3) is 1.00. The van der Waals surface area contributed by atoms with E-state index in [1.807, 2.05) is 0 Å². The minimum atomic E-state index is 0.224. The predicted molar refractivity (Wildman–Crippen MR) is 64.3 cm³/mol. The fourth-order valence-electron chi connectivity index (χ4n) is 1.31. The van der Waals surface area contributed by atoms with E-state index in [4.69, 9.17) is 9.47 Å². The Morgan fingerprint density at radius 2 is 1.93 bits per heavy atom. The van der Waals surface area contributed by atoms with Gasteiger partial charge in [-0.15, -0.1) is 0 Å². The molecule has 0 amide bonds. The van der Waals surface area contributed by atoms with Gasteiger partial charge in [0.25, 0.3) is 0 Å². The Bertz CT molecular complexity index is 138. The molecular formula is C12H27NO2. The average Bonchev–Trinajstić information content (AvgIpc) is 2.17. The Labute approximate surface area is 94.5 Å². The average molecular weight is 217 g/mol. The quantitative estimate of drug-likeness (QED) is 0.568. The van der Waals surface area contributed by atoms with Gasteiger partial charge < -0.3 is 14.8 Å². The lowest BCUT2D eigenvalue weighted by Gasteiger charge is -2.24. The normalized spacial score (nSPS) is 12.0. The molecule has 15 heavy (non-hydrogen) atoms. The molecule has 3 nitrogen and oxygen atoms in total. The van der Waals surface area contributed by atoms with Crippen LogP contribution in [0.15, 0.2) is 0 Å². The lowest BCUT2D eigenvalue weighted by Crippen LogP contribution is -2.33. The first-order valence-corrected chi connectivity index (χ1v) is 5.90. The van der Waals surface area contributed by atoms with Crippen LogP contribution < -0.4 is 5.32 Å². The molecule has 0 unspecified atom stereocenters. The Morgan fingerprint density at radius 3 is 2.53 bits per heavy atom. The molecule has 1 N–H and O–H groups in total. The van der Waals surface area contributed by atoms with Gasteiger partial charge >= 0.3 is 0 Å². The summed E-state index contributed by atoms with van der Waals surface area (Å²) in [5, 5.41) is 3.42. The van der Waals surface area contributed by atoms with E-state index in [1.54, 1.807) is 7.11 Å². The summed E-state index contributed by atoms with van der Waals surface area (Å²) in [6.45, 7) is 11.1. The van der Waals surface area contributed by atoms with E-state index in [0.717, 1.165) is 39.3 Å². The first-order valence-electron chi connectivity index (χ1n) is 5.90. The van der Waals surface area contributed by atoms with E-state index < -0.39 is 0 Å². The van der Waals surface area contributed by atoms with Crippen LogP contribution in [-0.2, 0) is 9.47 Å². The predicted octanol–water partition coefficient (Wildman–Crippen LogP) is 2.07. The highest BCUT2D eigenvalue weighted by molar-refractivity contribution is 4.70. The number of hydrogen-bond donors (Lipinski definition) is 1. The molecule has 0 spiro atoms. The summed E-state index contributed by atoms with van der Waals surface area (Å²) in [5.41, 5.74) is 0.224. The number of nitrogens with one attached hydrogen (secondary N) is 1. The van der Waals surface area contributed by atoms with Gasteiger partial charge in [0.05, 0.1) is 6.61 Å². The second-order valence-corrected chi connectivity index (χ2v) is 4.74. The van der Waals surface area contributed by atoms with Crippen molar-refractivity contribution in [2.45, 2.75) is 33.6 Å². The molecule has 0 fully saturated rings.